The normalized spacial score (nSPS) is 12.3. The summed E-state index contributed by atoms with van der Waals surface area (Å²) < 4.78 is 3.01. The molecular weight excluding hydrogens is 350 g/mol. The number of rotatable bonds is 2. The summed E-state index contributed by atoms with van der Waals surface area (Å²) in [5, 5.41) is 8.87. The maximum absolute atomic E-state index is 9.10. The fraction of sp³-hybridized carbons (Fsp3) is 0.125. The number of nitriles is 1. The van der Waals surface area contributed by atoms with Crippen LogP contribution < -0.4 is 0 Å². The van der Waals surface area contributed by atoms with E-state index in [1.807, 2.05) is 47.9 Å². The van der Waals surface area contributed by atoms with E-state index in [9.17, 15) is 0 Å². The van der Waals surface area contributed by atoms with Crippen LogP contribution in [0.3, 0.4) is 0 Å². The number of hydrogen-bond donors (Lipinski definition) is 0. The first-order chi connectivity index (χ1) is 10.1. The molecule has 5 heteroatoms. The van der Waals surface area contributed by atoms with Crippen LogP contribution in [0.4, 0.5) is 0 Å². The third-order valence-corrected chi connectivity index (χ3v) is 3.97. The van der Waals surface area contributed by atoms with Gasteiger partial charge in [-0.25, -0.2) is 4.98 Å². The van der Waals surface area contributed by atoms with Gasteiger partial charge in [-0.05, 0) is 49.4 Å². The van der Waals surface area contributed by atoms with Crippen molar-refractivity contribution in [3.63, 3.8) is 0 Å². The SMILES string of the molecule is CC(Cl)c1nc2ccc(C#N)cc2n1-c1ccc(Br)cc1. The van der Waals surface area contributed by atoms with Crippen LogP contribution in [0.1, 0.15) is 23.7 Å². The van der Waals surface area contributed by atoms with E-state index in [1.165, 1.54) is 0 Å². The van der Waals surface area contributed by atoms with Gasteiger partial charge in [0.1, 0.15) is 5.82 Å². The van der Waals surface area contributed by atoms with E-state index < -0.39 is 0 Å². The lowest BCUT2D eigenvalue weighted by Gasteiger charge is -2.10. The summed E-state index contributed by atoms with van der Waals surface area (Å²) >= 11 is 9.71. The van der Waals surface area contributed by atoms with E-state index in [1.54, 1.807) is 6.07 Å². The number of imidazole rings is 1. The van der Waals surface area contributed by atoms with E-state index in [0.717, 1.165) is 27.0 Å². The maximum atomic E-state index is 9.10. The molecule has 0 radical (unpaired) electrons. The Kier molecular flexibility index (Phi) is 3.71. The highest BCUT2D eigenvalue weighted by atomic mass is 79.9. The first kappa shape index (κ1) is 14.1. The molecule has 1 aromatic heterocycles. The van der Waals surface area contributed by atoms with Gasteiger partial charge in [-0.1, -0.05) is 15.9 Å². The predicted octanol–water partition coefficient (Wildman–Crippen LogP) is 4.96. The number of hydrogen-bond acceptors (Lipinski definition) is 2. The average molecular weight is 361 g/mol. The molecule has 21 heavy (non-hydrogen) atoms. The lowest BCUT2D eigenvalue weighted by molar-refractivity contribution is 0.882. The molecule has 0 fully saturated rings. The summed E-state index contributed by atoms with van der Waals surface area (Å²) in [7, 11) is 0. The number of nitrogens with zero attached hydrogens (tertiary/aromatic N) is 3. The van der Waals surface area contributed by atoms with Gasteiger partial charge in [-0.3, -0.25) is 4.57 Å². The van der Waals surface area contributed by atoms with Crippen LogP contribution in [0.15, 0.2) is 46.9 Å². The van der Waals surface area contributed by atoms with Crippen molar-refractivity contribution in [1.29, 1.82) is 5.26 Å². The Balaban J connectivity index is 2.34. The van der Waals surface area contributed by atoms with Gasteiger partial charge in [0.2, 0.25) is 0 Å². The van der Waals surface area contributed by atoms with Gasteiger partial charge in [0, 0.05) is 10.2 Å². The smallest absolute Gasteiger partial charge is 0.132 e. The minimum absolute atomic E-state index is 0.230. The van der Waals surface area contributed by atoms with E-state index in [0.29, 0.717) is 5.56 Å². The summed E-state index contributed by atoms with van der Waals surface area (Å²) in [6.07, 6.45) is 0. The standard InChI is InChI=1S/C16H11BrClN3/c1-10(18)16-20-14-7-2-11(9-19)8-15(14)21(16)13-5-3-12(17)4-6-13/h2-8,10H,1H3. The topological polar surface area (TPSA) is 41.6 Å². The third kappa shape index (κ3) is 2.55. The fourth-order valence-electron chi connectivity index (χ4n) is 2.29. The van der Waals surface area contributed by atoms with E-state index in [4.69, 9.17) is 16.9 Å². The fourth-order valence-corrected chi connectivity index (χ4v) is 2.70. The Hall–Kier alpha value is -1.83. The monoisotopic (exact) mass is 359 g/mol. The first-order valence-electron chi connectivity index (χ1n) is 6.42. The molecule has 1 heterocycles. The summed E-state index contributed by atoms with van der Waals surface area (Å²) in [6.45, 7) is 1.89. The number of aromatic nitrogens is 2. The molecule has 1 atom stereocenters. The van der Waals surface area contributed by atoms with Gasteiger partial charge in [-0.2, -0.15) is 5.26 Å². The molecule has 3 nitrogen and oxygen atoms in total. The Labute approximate surface area is 135 Å². The summed E-state index contributed by atoms with van der Waals surface area (Å²) in [5.41, 5.74) is 3.30. The Bertz CT molecular complexity index is 844. The quantitative estimate of drug-likeness (QED) is 0.606. The van der Waals surface area contributed by atoms with Gasteiger partial charge in [0.15, 0.2) is 0 Å². The van der Waals surface area contributed by atoms with Crippen LogP contribution in [-0.2, 0) is 0 Å². The molecule has 0 N–H and O–H groups in total. The van der Waals surface area contributed by atoms with Crippen LogP contribution in [0.2, 0.25) is 0 Å². The largest absolute Gasteiger partial charge is 0.295 e. The van der Waals surface area contributed by atoms with Crippen LogP contribution in [0.25, 0.3) is 16.7 Å². The van der Waals surface area contributed by atoms with Gasteiger partial charge in [0.25, 0.3) is 0 Å². The summed E-state index contributed by atoms with van der Waals surface area (Å²) in [6, 6.07) is 15.6. The number of halogens is 2. The molecule has 0 aliphatic rings. The van der Waals surface area contributed by atoms with Crippen LogP contribution in [0.5, 0.6) is 0 Å². The highest BCUT2D eigenvalue weighted by molar-refractivity contribution is 9.10. The number of fused-ring (bicyclic) bond motifs is 1. The van der Waals surface area contributed by atoms with Crippen LogP contribution >= 0.6 is 27.5 Å². The van der Waals surface area contributed by atoms with Crippen molar-refractivity contribution >= 4 is 38.6 Å². The minimum Gasteiger partial charge on any atom is -0.295 e. The average Bonchev–Trinajstić information content (AvgIpc) is 2.86. The van der Waals surface area contributed by atoms with Crippen molar-refractivity contribution in [2.24, 2.45) is 0 Å². The highest BCUT2D eigenvalue weighted by Gasteiger charge is 2.16. The zero-order valence-electron chi connectivity index (χ0n) is 11.2. The molecule has 0 aliphatic carbocycles. The molecule has 1 unspecified atom stereocenters. The second-order valence-corrected chi connectivity index (χ2v) is 6.28. The van der Waals surface area contributed by atoms with E-state index >= 15 is 0 Å². The molecule has 104 valence electrons. The van der Waals surface area contributed by atoms with Crippen molar-refractivity contribution in [1.82, 2.24) is 9.55 Å². The second kappa shape index (κ2) is 5.51. The van der Waals surface area contributed by atoms with Crippen molar-refractivity contribution in [3.05, 3.63) is 58.3 Å². The molecule has 0 saturated heterocycles. The van der Waals surface area contributed by atoms with Crippen molar-refractivity contribution in [2.75, 3.05) is 0 Å². The van der Waals surface area contributed by atoms with Crippen molar-refractivity contribution in [3.8, 4) is 11.8 Å². The van der Waals surface area contributed by atoms with Crippen molar-refractivity contribution in [2.45, 2.75) is 12.3 Å². The van der Waals surface area contributed by atoms with Crippen LogP contribution in [0, 0.1) is 11.3 Å². The molecule has 0 amide bonds. The molecule has 3 aromatic rings. The molecule has 0 aliphatic heterocycles. The maximum Gasteiger partial charge on any atom is 0.132 e. The summed E-state index contributed by atoms with van der Waals surface area (Å²) in [4.78, 5) is 4.60. The number of benzene rings is 2. The molecule has 0 spiro atoms. The molecule has 2 aromatic carbocycles. The Morgan fingerprint density at radius 1 is 1.24 bits per heavy atom. The van der Waals surface area contributed by atoms with Gasteiger partial charge < -0.3 is 0 Å². The molecule has 0 bridgehead atoms. The lowest BCUT2D eigenvalue weighted by Crippen LogP contribution is -2.01. The molecular formula is C16H11BrClN3. The number of alkyl halides is 1. The minimum atomic E-state index is -0.230. The first-order valence-corrected chi connectivity index (χ1v) is 7.65. The molecule has 0 saturated carbocycles. The van der Waals surface area contributed by atoms with E-state index in [2.05, 4.69) is 27.0 Å². The zero-order valence-corrected chi connectivity index (χ0v) is 13.6. The van der Waals surface area contributed by atoms with Crippen LogP contribution in [-0.4, -0.2) is 9.55 Å². The Morgan fingerprint density at radius 3 is 2.57 bits per heavy atom. The zero-order chi connectivity index (χ0) is 15.0. The van der Waals surface area contributed by atoms with Gasteiger partial charge in [0.05, 0.1) is 28.0 Å². The molecule has 3 rings (SSSR count). The lowest BCUT2D eigenvalue weighted by atomic mass is 10.2. The van der Waals surface area contributed by atoms with E-state index in [-0.39, 0.29) is 5.38 Å². The predicted molar refractivity (Wildman–Crippen MR) is 87.8 cm³/mol. The summed E-state index contributed by atoms with van der Waals surface area (Å²) in [5.74, 6) is 0.768. The van der Waals surface area contributed by atoms with Gasteiger partial charge in [-0.15, -0.1) is 11.6 Å². The van der Waals surface area contributed by atoms with Crippen molar-refractivity contribution < 1.29 is 0 Å². The van der Waals surface area contributed by atoms with Gasteiger partial charge >= 0.3 is 0 Å². The highest BCUT2D eigenvalue weighted by Crippen LogP contribution is 2.29. The Morgan fingerprint density at radius 2 is 1.95 bits per heavy atom. The third-order valence-electron chi connectivity index (χ3n) is 3.25. The second-order valence-electron chi connectivity index (χ2n) is 4.71.